The third-order valence-corrected chi connectivity index (χ3v) is 3.53. The SMILES string of the molecule is CC(C)c1c(N)noc1C1Cc2ccccc21. The molecule has 3 heteroatoms. The van der Waals surface area contributed by atoms with E-state index in [-0.39, 0.29) is 0 Å². The van der Waals surface area contributed by atoms with Gasteiger partial charge in [-0.2, -0.15) is 0 Å². The summed E-state index contributed by atoms with van der Waals surface area (Å²) in [7, 11) is 0. The smallest absolute Gasteiger partial charge is 0.170 e. The number of hydrogen-bond donors (Lipinski definition) is 1. The van der Waals surface area contributed by atoms with E-state index in [1.807, 2.05) is 0 Å². The van der Waals surface area contributed by atoms with Crippen molar-refractivity contribution in [1.29, 1.82) is 0 Å². The Morgan fingerprint density at radius 1 is 1.35 bits per heavy atom. The van der Waals surface area contributed by atoms with Crippen molar-refractivity contribution in [3.63, 3.8) is 0 Å². The van der Waals surface area contributed by atoms with Gasteiger partial charge in [0, 0.05) is 11.5 Å². The number of hydrogen-bond acceptors (Lipinski definition) is 3. The summed E-state index contributed by atoms with van der Waals surface area (Å²) in [6.07, 6.45) is 1.03. The van der Waals surface area contributed by atoms with Crippen LogP contribution >= 0.6 is 0 Å². The van der Waals surface area contributed by atoms with Gasteiger partial charge in [0.25, 0.3) is 0 Å². The summed E-state index contributed by atoms with van der Waals surface area (Å²) in [4.78, 5) is 0. The lowest BCUT2D eigenvalue weighted by Crippen LogP contribution is -2.19. The number of anilines is 1. The van der Waals surface area contributed by atoms with E-state index in [4.69, 9.17) is 10.3 Å². The Labute approximate surface area is 101 Å². The molecule has 3 rings (SSSR count). The molecule has 1 aliphatic rings. The van der Waals surface area contributed by atoms with E-state index >= 15 is 0 Å². The van der Waals surface area contributed by atoms with Gasteiger partial charge in [-0.1, -0.05) is 43.3 Å². The van der Waals surface area contributed by atoms with Crippen molar-refractivity contribution in [2.45, 2.75) is 32.1 Å². The number of aromatic nitrogens is 1. The van der Waals surface area contributed by atoms with Crippen LogP contribution in [0.1, 0.15) is 48.1 Å². The second-order valence-corrected chi connectivity index (χ2v) is 4.96. The Hall–Kier alpha value is -1.77. The fourth-order valence-electron chi connectivity index (χ4n) is 2.65. The molecule has 0 saturated carbocycles. The zero-order valence-corrected chi connectivity index (χ0v) is 10.1. The van der Waals surface area contributed by atoms with E-state index in [1.165, 1.54) is 11.1 Å². The molecule has 3 nitrogen and oxygen atoms in total. The summed E-state index contributed by atoms with van der Waals surface area (Å²) in [5.41, 5.74) is 9.70. The first-order valence-corrected chi connectivity index (χ1v) is 6.01. The van der Waals surface area contributed by atoms with Crippen LogP contribution in [0.5, 0.6) is 0 Å². The van der Waals surface area contributed by atoms with Crippen LogP contribution in [0.2, 0.25) is 0 Å². The molecule has 0 fully saturated rings. The predicted molar refractivity (Wildman–Crippen MR) is 67.0 cm³/mol. The molecule has 0 amide bonds. The van der Waals surface area contributed by atoms with E-state index in [1.54, 1.807) is 0 Å². The van der Waals surface area contributed by atoms with Crippen molar-refractivity contribution >= 4 is 5.82 Å². The van der Waals surface area contributed by atoms with Gasteiger partial charge in [0.1, 0.15) is 5.76 Å². The topological polar surface area (TPSA) is 52.0 Å². The number of fused-ring (bicyclic) bond motifs is 1. The molecule has 1 aromatic heterocycles. The fraction of sp³-hybridized carbons (Fsp3) is 0.357. The molecule has 17 heavy (non-hydrogen) atoms. The monoisotopic (exact) mass is 228 g/mol. The largest absolute Gasteiger partial charge is 0.381 e. The molecule has 0 spiro atoms. The first-order chi connectivity index (χ1) is 8.18. The zero-order valence-electron chi connectivity index (χ0n) is 10.1. The van der Waals surface area contributed by atoms with Gasteiger partial charge in [-0.3, -0.25) is 0 Å². The second-order valence-electron chi connectivity index (χ2n) is 4.96. The summed E-state index contributed by atoms with van der Waals surface area (Å²) in [5.74, 6) is 2.19. The number of rotatable bonds is 2. The number of nitrogens with zero attached hydrogens (tertiary/aromatic N) is 1. The third kappa shape index (κ3) is 1.46. The minimum absolute atomic E-state index is 0.341. The van der Waals surface area contributed by atoms with Crippen LogP contribution < -0.4 is 5.73 Å². The van der Waals surface area contributed by atoms with Gasteiger partial charge in [-0.15, -0.1) is 0 Å². The molecule has 1 unspecified atom stereocenters. The molecule has 2 N–H and O–H groups in total. The molecular formula is C14H16N2O. The van der Waals surface area contributed by atoms with E-state index in [0.29, 0.717) is 17.7 Å². The Morgan fingerprint density at radius 2 is 2.12 bits per heavy atom. The van der Waals surface area contributed by atoms with Crippen LogP contribution in [0.25, 0.3) is 0 Å². The van der Waals surface area contributed by atoms with Gasteiger partial charge >= 0.3 is 0 Å². The van der Waals surface area contributed by atoms with Crippen LogP contribution in [0.4, 0.5) is 5.82 Å². The Morgan fingerprint density at radius 3 is 2.82 bits per heavy atom. The summed E-state index contributed by atoms with van der Waals surface area (Å²) in [6, 6.07) is 8.47. The van der Waals surface area contributed by atoms with Gasteiger partial charge in [-0.05, 0) is 23.5 Å². The molecule has 2 aromatic rings. The Bertz CT molecular complexity index is 557. The lowest BCUT2D eigenvalue weighted by atomic mass is 9.74. The molecule has 88 valence electrons. The van der Waals surface area contributed by atoms with Gasteiger partial charge < -0.3 is 10.3 Å². The van der Waals surface area contributed by atoms with E-state index in [9.17, 15) is 0 Å². The highest BCUT2D eigenvalue weighted by molar-refractivity contribution is 5.51. The molecule has 0 aliphatic heterocycles. The highest BCUT2D eigenvalue weighted by Gasteiger charge is 2.33. The van der Waals surface area contributed by atoms with Crippen molar-refractivity contribution in [3.05, 3.63) is 46.7 Å². The lowest BCUT2D eigenvalue weighted by Gasteiger charge is -2.29. The maximum absolute atomic E-state index is 5.87. The van der Waals surface area contributed by atoms with E-state index in [0.717, 1.165) is 17.7 Å². The van der Waals surface area contributed by atoms with Crippen LogP contribution in [-0.2, 0) is 6.42 Å². The number of nitrogen functional groups attached to an aromatic ring is 1. The fourth-order valence-corrected chi connectivity index (χ4v) is 2.65. The van der Waals surface area contributed by atoms with Crippen molar-refractivity contribution in [2.75, 3.05) is 5.73 Å². The molecule has 0 bridgehead atoms. The molecular weight excluding hydrogens is 212 g/mol. The predicted octanol–water partition coefficient (Wildman–Crippen LogP) is 3.07. The summed E-state index contributed by atoms with van der Waals surface area (Å²) in [6.45, 7) is 4.24. The molecule has 0 saturated heterocycles. The van der Waals surface area contributed by atoms with Crippen molar-refractivity contribution in [1.82, 2.24) is 5.16 Å². The van der Waals surface area contributed by atoms with Gasteiger partial charge in [0.2, 0.25) is 0 Å². The van der Waals surface area contributed by atoms with Gasteiger partial charge in [-0.25, -0.2) is 0 Å². The van der Waals surface area contributed by atoms with Crippen molar-refractivity contribution < 1.29 is 4.52 Å². The molecule has 1 aliphatic carbocycles. The van der Waals surface area contributed by atoms with Crippen LogP contribution in [0.3, 0.4) is 0 Å². The highest BCUT2D eigenvalue weighted by Crippen LogP contribution is 2.43. The first kappa shape index (κ1) is 10.4. The molecule has 1 aromatic carbocycles. The third-order valence-electron chi connectivity index (χ3n) is 3.53. The van der Waals surface area contributed by atoms with E-state index < -0.39 is 0 Å². The summed E-state index contributed by atoms with van der Waals surface area (Å²) in [5, 5.41) is 3.92. The Balaban J connectivity index is 2.03. The van der Waals surface area contributed by atoms with Crippen molar-refractivity contribution in [2.24, 2.45) is 0 Å². The zero-order chi connectivity index (χ0) is 12.0. The maximum atomic E-state index is 5.87. The highest BCUT2D eigenvalue weighted by atomic mass is 16.5. The number of benzene rings is 1. The normalized spacial score (nSPS) is 17.9. The maximum Gasteiger partial charge on any atom is 0.170 e. The average Bonchev–Trinajstić information content (AvgIpc) is 2.62. The molecule has 1 atom stereocenters. The first-order valence-electron chi connectivity index (χ1n) is 6.01. The lowest BCUT2D eigenvalue weighted by molar-refractivity contribution is 0.361. The standard InChI is InChI=1S/C14H16N2O/c1-8(2)12-13(17-16-14(12)15)11-7-9-5-3-4-6-10(9)11/h3-6,8,11H,7H2,1-2H3,(H2,15,16). The Kier molecular flexibility index (Phi) is 2.21. The van der Waals surface area contributed by atoms with Crippen LogP contribution in [0, 0.1) is 0 Å². The molecule has 0 radical (unpaired) electrons. The second kappa shape index (κ2) is 3.62. The average molecular weight is 228 g/mol. The van der Waals surface area contributed by atoms with E-state index in [2.05, 4.69) is 43.3 Å². The number of nitrogens with two attached hydrogens (primary N) is 1. The minimum atomic E-state index is 0.341. The summed E-state index contributed by atoms with van der Waals surface area (Å²) < 4.78 is 5.44. The van der Waals surface area contributed by atoms with Crippen LogP contribution in [-0.4, -0.2) is 5.16 Å². The van der Waals surface area contributed by atoms with Crippen LogP contribution in [0.15, 0.2) is 28.8 Å². The molecule has 1 heterocycles. The minimum Gasteiger partial charge on any atom is -0.381 e. The van der Waals surface area contributed by atoms with Crippen molar-refractivity contribution in [3.8, 4) is 0 Å². The van der Waals surface area contributed by atoms with Gasteiger partial charge in [0.15, 0.2) is 5.82 Å². The quantitative estimate of drug-likeness (QED) is 0.859. The summed E-state index contributed by atoms with van der Waals surface area (Å²) >= 11 is 0. The van der Waals surface area contributed by atoms with Gasteiger partial charge in [0.05, 0.1) is 0 Å².